The van der Waals surface area contributed by atoms with Crippen molar-refractivity contribution in [3.63, 3.8) is 0 Å². The Morgan fingerprint density at radius 3 is 2.63 bits per heavy atom. The molecule has 0 spiro atoms. The van der Waals surface area contributed by atoms with E-state index in [1.54, 1.807) is 30.1 Å². The van der Waals surface area contributed by atoms with Crippen LogP contribution >= 0.6 is 0 Å². The zero-order valence-electron chi connectivity index (χ0n) is 16.6. The van der Waals surface area contributed by atoms with E-state index in [0.717, 1.165) is 22.5 Å². The predicted molar refractivity (Wildman–Crippen MR) is 114 cm³/mol. The Balaban J connectivity index is 1.70. The lowest BCUT2D eigenvalue weighted by atomic mass is 10.1. The SMILES string of the molecule is CCOC(=O)NCCNC(=O)/C=C/c1cn(-c2ccccc2)nc1-c1cccnc1. The Labute approximate surface area is 174 Å². The number of nitrogens with one attached hydrogen (secondary N) is 2. The zero-order valence-corrected chi connectivity index (χ0v) is 16.6. The van der Waals surface area contributed by atoms with Crippen LogP contribution in [0.15, 0.2) is 67.1 Å². The molecule has 3 rings (SSSR count). The molecule has 0 saturated heterocycles. The number of pyridine rings is 1. The second kappa shape index (κ2) is 10.6. The van der Waals surface area contributed by atoms with Crippen LogP contribution in [0.4, 0.5) is 4.79 Å². The number of ether oxygens (including phenoxy) is 1. The van der Waals surface area contributed by atoms with Gasteiger partial charge in [-0.15, -0.1) is 0 Å². The topological polar surface area (TPSA) is 98.1 Å². The quantitative estimate of drug-likeness (QED) is 0.444. The maximum atomic E-state index is 12.1. The highest BCUT2D eigenvalue weighted by Gasteiger charge is 2.11. The van der Waals surface area contributed by atoms with E-state index in [-0.39, 0.29) is 12.5 Å². The molecule has 3 aromatic rings. The van der Waals surface area contributed by atoms with Crippen molar-refractivity contribution in [2.75, 3.05) is 19.7 Å². The highest BCUT2D eigenvalue weighted by molar-refractivity contribution is 5.92. The van der Waals surface area contributed by atoms with Gasteiger partial charge < -0.3 is 15.4 Å². The van der Waals surface area contributed by atoms with E-state index >= 15 is 0 Å². The first-order valence-electron chi connectivity index (χ1n) is 9.59. The van der Waals surface area contributed by atoms with Gasteiger partial charge in [-0.25, -0.2) is 9.48 Å². The lowest BCUT2D eigenvalue weighted by Crippen LogP contribution is -2.34. The molecule has 2 heterocycles. The van der Waals surface area contributed by atoms with E-state index in [9.17, 15) is 9.59 Å². The van der Waals surface area contributed by atoms with Gasteiger partial charge in [0.2, 0.25) is 5.91 Å². The average molecular weight is 405 g/mol. The van der Waals surface area contributed by atoms with Gasteiger partial charge in [0.15, 0.2) is 0 Å². The summed E-state index contributed by atoms with van der Waals surface area (Å²) in [4.78, 5) is 27.5. The maximum Gasteiger partial charge on any atom is 0.407 e. The Hall–Kier alpha value is -3.94. The van der Waals surface area contributed by atoms with Gasteiger partial charge in [-0.3, -0.25) is 9.78 Å². The van der Waals surface area contributed by atoms with Crippen molar-refractivity contribution in [3.05, 3.63) is 72.7 Å². The Morgan fingerprint density at radius 1 is 1.10 bits per heavy atom. The van der Waals surface area contributed by atoms with Gasteiger partial charge in [-0.05, 0) is 37.3 Å². The smallest absolute Gasteiger partial charge is 0.407 e. The lowest BCUT2D eigenvalue weighted by molar-refractivity contribution is -0.116. The molecule has 0 bridgehead atoms. The minimum atomic E-state index is -0.503. The van der Waals surface area contributed by atoms with E-state index in [2.05, 4.69) is 20.7 Å². The van der Waals surface area contributed by atoms with Crippen molar-refractivity contribution in [1.29, 1.82) is 0 Å². The molecule has 2 N–H and O–H groups in total. The molecule has 8 nitrogen and oxygen atoms in total. The van der Waals surface area contributed by atoms with Gasteiger partial charge in [0.05, 0.1) is 12.3 Å². The lowest BCUT2D eigenvalue weighted by Gasteiger charge is -2.05. The van der Waals surface area contributed by atoms with E-state index in [0.29, 0.717) is 13.2 Å². The third-order valence-corrected chi connectivity index (χ3v) is 4.08. The van der Waals surface area contributed by atoms with Crippen LogP contribution in [0.3, 0.4) is 0 Å². The van der Waals surface area contributed by atoms with Gasteiger partial charge >= 0.3 is 6.09 Å². The summed E-state index contributed by atoms with van der Waals surface area (Å²) in [5, 5.41) is 9.93. The summed E-state index contributed by atoms with van der Waals surface area (Å²) in [5.41, 5.74) is 3.27. The number of amides is 2. The molecule has 1 aromatic carbocycles. The number of para-hydroxylation sites is 1. The fourth-order valence-corrected chi connectivity index (χ4v) is 2.71. The average Bonchev–Trinajstić information content (AvgIpc) is 3.21. The van der Waals surface area contributed by atoms with Gasteiger partial charge in [0.25, 0.3) is 0 Å². The maximum absolute atomic E-state index is 12.1. The third kappa shape index (κ3) is 5.78. The number of hydrogen-bond donors (Lipinski definition) is 2. The number of rotatable bonds is 8. The highest BCUT2D eigenvalue weighted by Crippen LogP contribution is 2.24. The minimum absolute atomic E-state index is 0.273. The summed E-state index contributed by atoms with van der Waals surface area (Å²) in [6, 6.07) is 13.5. The molecular formula is C22H23N5O3. The summed E-state index contributed by atoms with van der Waals surface area (Å²) in [6.07, 6.45) is 7.95. The van der Waals surface area contributed by atoms with Gasteiger partial charge in [0.1, 0.15) is 5.69 Å². The second-order valence-electron chi connectivity index (χ2n) is 6.23. The first-order chi connectivity index (χ1) is 14.7. The fraction of sp³-hybridized carbons (Fsp3) is 0.182. The summed E-state index contributed by atoms with van der Waals surface area (Å²) in [7, 11) is 0. The Kier molecular flexibility index (Phi) is 7.32. The molecule has 0 saturated carbocycles. The molecule has 0 aliphatic rings. The van der Waals surface area contributed by atoms with E-state index in [1.807, 2.05) is 48.7 Å². The van der Waals surface area contributed by atoms with Crippen LogP contribution in [0, 0.1) is 0 Å². The molecule has 0 fully saturated rings. The number of carbonyl (C=O) groups excluding carboxylic acids is 2. The number of nitrogens with zero attached hydrogens (tertiary/aromatic N) is 3. The van der Waals surface area contributed by atoms with Crippen LogP contribution in [-0.2, 0) is 9.53 Å². The summed E-state index contributed by atoms with van der Waals surface area (Å²) >= 11 is 0. The first-order valence-corrected chi connectivity index (χ1v) is 9.59. The van der Waals surface area contributed by atoms with E-state index in [1.165, 1.54) is 6.08 Å². The van der Waals surface area contributed by atoms with Crippen LogP contribution in [0.25, 0.3) is 23.0 Å². The number of carbonyl (C=O) groups is 2. The van der Waals surface area contributed by atoms with Crippen LogP contribution in [-0.4, -0.2) is 46.5 Å². The van der Waals surface area contributed by atoms with Gasteiger partial charge in [-0.2, -0.15) is 5.10 Å². The van der Waals surface area contributed by atoms with Crippen LogP contribution in [0.1, 0.15) is 12.5 Å². The zero-order chi connectivity index (χ0) is 21.2. The van der Waals surface area contributed by atoms with Gasteiger partial charge in [0, 0.05) is 48.9 Å². The number of hydrogen-bond acceptors (Lipinski definition) is 5. The standard InChI is InChI=1S/C22H23N5O3/c1-2-30-22(29)25-14-13-24-20(28)11-10-18-16-27(19-8-4-3-5-9-19)26-21(18)17-7-6-12-23-15-17/h3-12,15-16H,2,13-14H2,1H3,(H,24,28)(H,25,29)/b11-10+. The molecule has 2 amide bonds. The monoisotopic (exact) mass is 405 g/mol. The summed E-state index contributed by atoms with van der Waals surface area (Å²) < 4.78 is 6.52. The first kappa shape index (κ1) is 20.8. The van der Waals surface area contributed by atoms with Crippen molar-refractivity contribution in [1.82, 2.24) is 25.4 Å². The third-order valence-electron chi connectivity index (χ3n) is 4.08. The normalized spacial score (nSPS) is 10.7. The molecule has 0 aliphatic heterocycles. The van der Waals surface area contributed by atoms with Crippen molar-refractivity contribution < 1.29 is 14.3 Å². The minimum Gasteiger partial charge on any atom is -0.450 e. The fourth-order valence-electron chi connectivity index (χ4n) is 2.71. The van der Waals surface area contributed by atoms with Gasteiger partial charge in [-0.1, -0.05) is 18.2 Å². The summed E-state index contributed by atoms with van der Waals surface area (Å²) in [5.74, 6) is -0.273. The molecular weight excluding hydrogens is 382 g/mol. The van der Waals surface area contributed by atoms with Crippen molar-refractivity contribution in [2.45, 2.75) is 6.92 Å². The van der Waals surface area contributed by atoms with Crippen molar-refractivity contribution >= 4 is 18.1 Å². The predicted octanol–water partition coefficient (Wildman–Crippen LogP) is 2.81. The summed E-state index contributed by atoms with van der Waals surface area (Å²) in [6.45, 7) is 2.61. The van der Waals surface area contributed by atoms with Crippen LogP contribution < -0.4 is 10.6 Å². The number of aromatic nitrogens is 3. The highest BCUT2D eigenvalue weighted by atomic mass is 16.5. The molecule has 0 unspecified atom stereocenters. The van der Waals surface area contributed by atoms with E-state index < -0.39 is 6.09 Å². The van der Waals surface area contributed by atoms with Crippen LogP contribution in [0.2, 0.25) is 0 Å². The molecule has 8 heteroatoms. The second-order valence-corrected chi connectivity index (χ2v) is 6.23. The Morgan fingerprint density at radius 2 is 1.90 bits per heavy atom. The Bertz CT molecular complexity index is 1000. The molecule has 0 aliphatic carbocycles. The number of benzene rings is 1. The molecule has 30 heavy (non-hydrogen) atoms. The molecule has 154 valence electrons. The molecule has 2 aromatic heterocycles. The molecule has 0 radical (unpaired) electrons. The number of alkyl carbamates (subject to hydrolysis) is 1. The largest absolute Gasteiger partial charge is 0.450 e. The molecule has 0 atom stereocenters. The van der Waals surface area contributed by atoms with Crippen molar-refractivity contribution in [2.24, 2.45) is 0 Å². The van der Waals surface area contributed by atoms with E-state index in [4.69, 9.17) is 4.74 Å². The van der Waals surface area contributed by atoms with Crippen LogP contribution in [0.5, 0.6) is 0 Å². The van der Waals surface area contributed by atoms with Crippen molar-refractivity contribution in [3.8, 4) is 16.9 Å².